The lowest BCUT2D eigenvalue weighted by Gasteiger charge is -2.40. The number of amides is 2. The summed E-state index contributed by atoms with van der Waals surface area (Å²) >= 11 is 0. The van der Waals surface area contributed by atoms with E-state index in [1.807, 2.05) is 30.3 Å². The molecule has 0 N–H and O–H groups in total. The third kappa shape index (κ3) is 3.92. The maximum Gasteiger partial charge on any atom is 0.249 e. The highest BCUT2D eigenvalue weighted by atomic mass is 32.2. The second kappa shape index (κ2) is 7.81. The number of carbonyl (C=O) groups excluding carboxylic acids is 2. The lowest BCUT2D eigenvalue weighted by molar-refractivity contribution is -0.160. The van der Waals surface area contributed by atoms with E-state index in [0.29, 0.717) is 32.7 Å². The molecule has 2 heterocycles. The van der Waals surface area contributed by atoms with E-state index < -0.39 is 16.1 Å². The van der Waals surface area contributed by atoms with Gasteiger partial charge in [0, 0.05) is 32.7 Å². The Morgan fingerprint density at radius 1 is 1.07 bits per heavy atom. The summed E-state index contributed by atoms with van der Waals surface area (Å²) in [5, 5.41) is -0.236. The monoisotopic (exact) mass is 407 g/mol. The Morgan fingerprint density at radius 2 is 1.75 bits per heavy atom. The second-order valence-electron chi connectivity index (χ2n) is 7.51. The van der Waals surface area contributed by atoms with Crippen molar-refractivity contribution in [2.24, 2.45) is 0 Å². The zero-order valence-electron chi connectivity index (χ0n) is 15.7. The Hall–Kier alpha value is -1.97. The number of morpholine rings is 1. The van der Waals surface area contributed by atoms with Crippen molar-refractivity contribution in [1.82, 2.24) is 14.1 Å². The Labute approximate surface area is 165 Å². The molecule has 1 aromatic rings. The minimum atomic E-state index is -3.22. The number of piperazine rings is 1. The second-order valence-corrected chi connectivity index (χ2v) is 9.72. The third-order valence-corrected chi connectivity index (χ3v) is 7.93. The first kappa shape index (κ1) is 19.4. The van der Waals surface area contributed by atoms with Crippen molar-refractivity contribution in [3.8, 4) is 0 Å². The van der Waals surface area contributed by atoms with Gasteiger partial charge in [-0.05, 0) is 18.4 Å². The lowest BCUT2D eigenvalue weighted by Crippen LogP contribution is -2.60. The Kier molecular flexibility index (Phi) is 5.39. The molecule has 1 aromatic carbocycles. The van der Waals surface area contributed by atoms with Crippen molar-refractivity contribution in [1.29, 1.82) is 0 Å². The number of nitrogens with zero attached hydrogens (tertiary/aromatic N) is 3. The van der Waals surface area contributed by atoms with E-state index in [0.717, 1.165) is 18.4 Å². The van der Waals surface area contributed by atoms with Crippen molar-refractivity contribution >= 4 is 21.8 Å². The number of hydrogen-bond acceptors (Lipinski definition) is 5. The number of carbonyl (C=O) groups is 2. The maximum atomic E-state index is 13.1. The average molecular weight is 407 g/mol. The molecule has 2 saturated heterocycles. The Morgan fingerprint density at radius 3 is 2.39 bits per heavy atom. The topological polar surface area (TPSA) is 87.2 Å². The molecule has 0 radical (unpaired) electrons. The molecule has 3 fully saturated rings. The highest BCUT2D eigenvalue weighted by Gasteiger charge is 2.43. The van der Waals surface area contributed by atoms with E-state index in [9.17, 15) is 18.0 Å². The largest absolute Gasteiger partial charge is 0.369 e. The number of hydrogen-bond donors (Lipinski definition) is 0. The molecule has 0 bridgehead atoms. The van der Waals surface area contributed by atoms with Crippen LogP contribution in [0.2, 0.25) is 0 Å². The van der Waals surface area contributed by atoms with E-state index in [1.165, 1.54) is 4.31 Å². The van der Waals surface area contributed by atoms with Gasteiger partial charge >= 0.3 is 0 Å². The number of rotatable bonds is 5. The molecule has 2 aliphatic heterocycles. The first-order valence-electron chi connectivity index (χ1n) is 9.65. The van der Waals surface area contributed by atoms with Crippen LogP contribution in [0, 0.1) is 0 Å². The van der Waals surface area contributed by atoms with Gasteiger partial charge in [0.15, 0.2) is 0 Å². The van der Waals surface area contributed by atoms with Crippen molar-refractivity contribution in [3.05, 3.63) is 35.9 Å². The van der Waals surface area contributed by atoms with Gasteiger partial charge in [0.05, 0.1) is 11.9 Å². The van der Waals surface area contributed by atoms with Gasteiger partial charge in [0.25, 0.3) is 0 Å². The summed E-state index contributed by atoms with van der Waals surface area (Å²) in [6.07, 6.45) is 1.47. The van der Waals surface area contributed by atoms with Crippen molar-refractivity contribution in [3.63, 3.8) is 0 Å². The average Bonchev–Trinajstić information content (AvgIpc) is 3.56. The normalized spacial score (nSPS) is 24.4. The van der Waals surface area contributed by atoms with Crippen LogP contribution in [0.25, 0.3) is 0 Å². The summed E-state index contributed by atoms with van der Waals surface area (Å²) in [4.78, 5) is 28.7. The van der Waals surface area contributed by atoms with E-state index in [4.69, 9.17) is 4.74 Å². The molecule has 28 heavy (non-hydrogen) atoms. The Bertz CT molecular complexity index is 832. The van der Waals surface area contributed by atoms with E-state index >= 15 is 0 Å². The van der Waals surface area contributed by atoms with Gasteiger partial charge in [-0.15, -0.1) is 0 Å². The lowest BCUT2D eigenvalue weighted by atomic mass is 10.1. The van der Waals surface area contributed by atoms with Gasteiger partial charge in [0.2, 0.25) is 21.8 Å². The van der Waals surface area contributed by atoms with Gasteiger partial charge < -0.3 is 14.5 Å². The van der Waals surface area contributed by atoms with E-state index in [-0.39, 0.29) is 30.3 Å². The molecule has 9 heteroatoms. The molecule has 1 aliphatic carbocycles. The number of sulfonamides is 1. The van der Waals surface area contributed by atoms with E-state index in [1.54, 1.807) is 9.80 Å². The quantitative estimate of drug-likeness (QED) is 0.688. The summed E-state index contributed by atoms with van der Waals surface area (Å²) in [7, 11) is -3.22. The SMILES string of the molecule is O=C([C@H]1COCC(=O)N1Cc1ccccc1)N1CCN(S(=O)(=O)C2CC2)CC1. The van der Waals surface area contributed by atoms with Crippen LogP contribution in [-0.4, -0.2) is 85.0 Å². The fourth-order valence-corrected chi connectivity index (χ4v) is 5.56. The fraction of sp³-hybridized carbons (Fsp3) is 0.579. The summed E-state index contributed by atoms with van der Waals surface area (Å²) < 4.78 is 31.6. The summed E-state index contributed by atoms with van der Waals surface area (Å²) in [5.41, 5.74) is 0.955. The van der Waals surface area contributed by atoms with Crippen LogP contribution in [-0.2, 0) is 30.9 Å². The molecule has 8 nitrogen and oxygen atoms in total. The van der Waals surface area contributed by atoms with Crippen LogP contribution in [0.3, 0.4) is 0 Å². The molecule has 3 aliphatic rings. The van der Waals surface area contributed by atoms with Crippen LogP contribution < -0.4 is 0 Å². The predicted molar refractivity (Wildman–Crippen MR) is 102 cm³/mol. The molecule has 1 saturated carbocycles. The van der Waals surface area contributed by atoms with Crippen molar-refractivity contribution < 1.29 is 22.7 Å². The smallest absolute Gasteiger partial charge is 0.249 e. The van der Waals surface area contributed by atoms with Gasteiger partial charge in [0.1, 0.15) is 12.6 Å². The van der Waals surface area contributed by atoms with Crippen LogP contribution >= 0.6 is 0 Å². The highest BCUT2D eigenvalue weighted by molar-refractivity contribution is 7.90. The highest BCUT2D eigenvalue weighted by Crippen LogP contribution is 2.31. The molecular weight excluding hydrogens is 382 g/mol. The molecule has 152 valence electrons. The van der Waals surface area contributed by atoms with Crippen molar-refractivity contribution in [2.45, 2.75) is 30.7 Å². The number of benzene rings is 1. The van der Waals surface area contributed by atoms with Crippen LogP contribution in [0.4, 0.5) is 0 Å². The predicted octanol–water partition coefficient (Wildman–Crippen LogP) is 0.0504. The number of ether oxygens (including phenoxy) is 1. The maximum absolute atomic E-state index is 13.1. The molecule has 0 spiro atoms. The standard InChI is InChI=1S/C19H25N3O5S/c23-18-14-27-13-17(22(18)12-15-4-2-1-3-5-15)19(24)20-8-10-21(11-9-20)28(25,26)16-6-7-16/h1-5,16-17H,6-14H2/t17-/m1/s1. The van der Waals surface area contributed by atoms with Gasteiger partial charge in [-0.1, -0.05) is 30.3 Å². The molecule has 1 atom stereocenters. The third-order valence-electron chi connectivity index (χ3n) is 5.53. The van der Waals surface area contributed by atoms with Gasteiger partial charge in [-0.25, -0.2) is 8.42 Å². The fourth-order valence-electron chi connectivity index (χ4n) is 3.74. The molecular formula is C19H25N3O5S. The first-order chi connectivity index (χ1) is 13.5. The zero-order chi connectivity index (χ0) is 19.7. The summed E-state index contributed by atoms with van der Waals surface area (Å²) in [5.74, 6) is -0.379. The van der Waals surface area contributed by atoms with Gasteiger partial charge in [-0.3, -0.25) is 9.59 Å². The van der Waals surface area contributed by atoms with Crippen molar-refractivity contribution in [2.75, 3.05) is 39.4 Å². The summed E-state index contributed by atoms with van der Waals surface area (Å²) in [6, 6.07) is 8.88. The molecule has 4 rings (SSSR count). The molecule has 0 aromatic heterocycles. The first-order valence-corrected chi connectivity index (χ1v) is 11.2. The summed E-state index contributed by atoms with van der Waals surface area (Å²) in [6.45, 7) is 1.80. The minimum Gasteiger partial charge on any atom is -0.369 e. The zero-order valence-corrected chi connectivity index (χ0v) is 16.5. The Balaban J connectivity index is 1.42. The van der Waals surface area contributed by atoms with E-state index in [2.05, 4.69) is 0 Å². The van der Waals surface area contributed by atoms with Gasteiger partial charge in [-0.2, -0.15) is 4.31 Å². The minimum absolute atomic E-state index is 0.0238. The van der Waals surface area contributed by atoms with Crippen LogP contribution in [0.1, 0.15) is 18.4 Å². The molecule has 0 unspecified atom stereocenters. The van der Waals surface area contributed by atoms with Crippen LogP contribution in [0.5, 0.6) is 0 Å². The molecule has 2 amide bonds. The van der Waals surface area contributed by atoms with Crippen LogP contribution in [0.15, 0.2) is 30.3 Å².